The molecule has 9 nitrogen and oxygen atoms in total. The van der Waals surface area contributed by atoms with Crippen LogP contribution >= 0.6 is 12.4 Å². The number of ether oxygens (including phenoxy) is 1. The Balaban J connectivity index is 0.00000240. The second-order valence-corrected chi connectivity index (χ2v) is 6.94. The molecule has 10 heteroatoms. The number of methoxy groups -OCH3 is 1. The van der Waals surface area contributed by atoms with Crippen LogP contribution in [0.25, 0.3) is 5.52 Å². The number of carbonyl (C=O) groups is 1. The molecule has 1 amide bonds. The zero-order chi connectivity index (χ0) is 19.7. The molecule has 3 aromatic rings. The van der Waals surface area contributed by atoms with Gasteiger partial charge in [0, 0.05) is 25.7 Å². The maximum absolute atomic E-state index is 12.8. The zero-order valence-corrected chi connectivity index (χ0v) is 17.4. The molecular weight excluding hydrogens is 394 g/mol. The molecule has 1 atom stereocenters. The first-order valence-electron chi connectivity index (χ1n) is 9.21. The summed E-state index contributed by atoms with van der Waals surface area (Å²) in [6, 6.07) is 7.70. The van der Waals surface area contributed by atoms with E-state index in [-0.39, 0.29) is 18.3 Å². The number of piperazine rings is 1. The lowest BCUT2D eigenvalue weighted by molar-refractivity contribution is 0.102. The van der Waals surface area contributed by atoms with Gasteiger partial charge in [-0.05, 0) is 38.1 Å². The fraction of sp³-hybridized carbons (Fsp3) is 0.368. The van der Waals surface area contributed by atoms with Crippen molar-refractivity contribution in [1.29, 1.82) is 0 Å². The fourth-order valence-electron chi connectivity index (χ4n) is 3.37. The molecule has 0 aliphatic carbocycles. The first kappa shape index (κ1) is 20.8. The van der Waals surface area contributed by atoms with Crippen molar-refractivity contribution >= 4 is 35.5 Å². The monoisotopic (exact) mass is 417 g/mol. The lowest BCUT2D eigenvalue weighted by Gasteiger charge is -2.32. The summed E-state index contributed by atoms with van der Waals surface area (Å²) in [4.78, 5) is 14.9. The minimum atomic E-state index is -0.309. The second kappa shape index (κ2) is 8.62. The topological polar surface area (TPSA) is 96.7 Å². The highest BCUT2D eigenvalue weighted by atomic mass is 35.5. The number of amides is 1. The van der Waals surface area contributed by atoms with E-state index in [1.807, 2.05) is 19.1 Å². The highest BCUT2D eigenvalue weighted by Gasteiger charge is 2.18. The predicted octanol–water partition coefficient (Wildman–Crippen LogP) is 1.91. The third-order valence-corrected chi connectivity index (χ3v) is 4.73. The standard InChI is InChI=1S/C19H23N7O2.ClH/c1-12-8-14-9-15(16(28-3)11-26(14)24-12)19(27)21-17-4-5-18(23-22-17)25-7-6-20-13(2)10-25;/h4-5,8-9,11,13,20H,6-7,10H2,1-3H3,(H,21,22,27);1H. The van der Waals surface area contributed by atoms with E-state index >= 15 is 0 Å². The molecule has 1 aliphatic heterocycles. The van der Waals surface area contributed by atoms with Gasteiger partial charge < -0.3 is 20.3 Å². The molecule has 1 saturated heterocycles. The van der Waals surface area contributed by atoms with Gasteiger partial charge in [-0.1, -0.05) is 0 Å². The Bertz CT molecular complexity index is 1010. The number of rotatable bonds is 4. The van der Waals surface area contributed by atoms with Crippen molar-refractivity contribution in [3.8, 4) is 5.75 Å². The molecule has 0 radical (unpaired) electrons. The molecule has 29 heavy (non-hydrogen) atoms. The van der Waals surface area contributed by atoms with Gasteiger partial charge in [0.2, 0.25) is 0 Å². The largest absolute Gasteiger partial charge is 0.494 e. The van der Waals surface area contributed by atoms with E-state index in [2.05, 4.69) is 37.8 Å². The smallest absolute Gasteiger partial charge is 0.260 e. The Morgan fingerprint density at radius 3 is 2.83 bits per heavy atom. The summed E-state index contributed by atoms with van der Waals surface area (Å²) < 4.78 is 7.05. The third kappa shape index (κ3) is 4.41. The van der Waals surface area contributed by atoms with Crippen LogP contribution in [0.15, 0.2) is 30.5 Å². The molecule has 154 valence electrons. The van der Waals surface area contributed by atoms with E-state index in [1.165, 1.54) is 7.11 Å². The van der Waals surface area contributed by atoms with Crippen LogP contribution in [0.1, 0.15) is 23.0 Å². The van der Waals surface area contributed by atoms with Gasteiger partial charge in [-0.2, -0.15) is 5.10 Å². The molecule has 1 unspecified atom stereocenters. The Morgan fingerprint density at radius 2 is 2.14 bits per heavy atom. The van der Waals surface area contributed by atoms with Gasteiger partial charge in [0.25, 0.3) is 5.91 Å². The minimum Gasteiger partial charge on any atom is -0.494 e. The first-order valence-corrected chi connectivity index (χ1v) is 9.21. The second-order valence-electron chi connectivity index (χ2n) is 6.94. The fourth-order valence-corrected chi connectivity index (χ4v) is 3.37. The number of halogens is 1. The molecule has 2 N–H and O–H groups in total. The molecule has 0 spiro atoms. The quantitative estimate of drug-likeness (QED) is 0.669. The summed E-state index contributed by atoms with van der Waals surface area (Å²) in [6.45, 7) is 6.71. The van der Waals surface area contributed by atoms with Crippen LogP contribution in [0.3, 0.4) is 0 Å². The molecule has 1 aliphatic rings. The Hall–Kier alpha value is -2.91. The summed E-state index contributed by atoms with van der Waals surface area (Å²) in [7, 11) is 1.53. The number of hydrogen-bond acceptors (Lipinski definition) is 7. The number of aryl methyl sites for hydroxylation is 1. The Morgan fingerprint density at radius 1 is 1.31 bits per heavy atom. The van der Waals surface area contributed by atoms with Crippen molar-refractivity contribution in [2.45, 2.75) is 19.9 Å². The van der Waals surface area contributed by atoms with Gasteiger partial charge in [0.15, 0.2) is 11.6 Å². The number of carbonyl (C=O) groups excluding carboxylic acids is 1. The third-order valence-electron chi connectivity index (χ3n) is 4.73. The van der Waals surface area contributed by atoms with Gasteiger partial charge >= 0.3 is 0 Å². The van der Waals surface area contributed by atoms with Crippen molar-refractivity contribution in [2.24, 2.45) is 0 Å². The summed E-state index contributed by atoms with van der Waals surface area (Å²) in [5.41, 5.74) is 2.10. The van der Waals surface area contributed by atoms with Crippen LogP contribution in [-0.2, 0) is 0 Å². The highest BCUT2D eigenvalue weighted by Crippen LogP contribution is 2.22. The Kier molecular flexibility index (Phi) is 6.19. The van der Waals surface area contributed by atoms with E-state index < -0.39 is 0 Å². The van der Waals surface area contributed by atoms with Crippen molar-refractivity contribution in [1.82, 2.24) is 25.1 Å². The lowest BCUT2D eigenvalue weighted by atomic mass is 10.2. The average molecular weight is 418 g/mol. The van der Waals surface area contributed by atoms with Gasteiger partial charge in [-0.25, -0.2) is 4.52 Å². The SMILES string of the molecule is COc1cn2nc(C)cc2cc1C(=O)Nc1ccc(N2CCNC(C)C2)nn1.Cl. The number of hydrogen-bond donors (Lipinski definition) is 2. The number of pyridine rings is 1. The number of aromatic nitrogens is 4. The maximum atomic E-state index is 12.8. The van der Waals surface area contributed by atoms with E-state index in [1.54, 1.807) is 22.8 Å². The molecule has 3 aromatic heterocycles. The van der Waals surface area contributed by atoms with Crippen molar-refractivity contribution in [3.05, 3.63) is 41.7 Å². The predicted molar refractivity (Wildman–Crippen MR) is 113 cm³/mol. The number of nitrogens with one attached hydrogen (secondary N) is 2. The highest BCUT2D eigenvalue weighted by molar-refractivity contribution is 6.06. The lowest BCUT2D eigenvalue weighted by Crippen LogP contribution is -2.49. The molecule has 0 aromatic carbocycles. The van der Waals surface area contributed by atoms with Gasteiger partial charge in [0.05, 0.1) is 30.1 Å². The van der Waals surface area contributed by atoms with E-state index in [0.717, 1.165) is 36.7 Å². The molecule has 0 bridgehead atoms. The normalized spacial score (nSPS) is 16.4. The van der Waals surface area contributed by atoms with Crippen molar-refractivity contribution in [2.75, 3.05) is 37.0 Å². The maximum Gasteiger partial charge on any atom is 0.260 e. The van der Waals surface area contributed by atoms with Crippen LogP contribution in [0.2, 0.25) is 0 Å². The first-order chi connectivity index (χ1) is 13.5. The van der Waals surface area contributed by atoms with E-state index in [9.17, 15) is 4.79 Å². The van der Waals surface area contributed by atoms with Gasteiger partial charge in [0.1, 0.15) is 5.75 Å². The van der Waals surface area contributed by atoms with Crippen LogP contribution in [-0.4, -0.2) is 58.5 Å². The zero-order valence-electron chi connectivity index (χ0n) is 16.5. The minimum absolute atomic E-state index is 0. The van der Waals surface area contributed by atoms with Crippen molar-refractivity contribution in [3.63, 3.8) is 0 Å². The molecule has 4 heterocycles. The number of nitrogens with zero attached hydrogens (tertiary/aromatic N) is 5. The number of anilines is 2. The average Bonchev–Trinajstić information content (AvgIpc) is 3.06. The summed E-state index contributed by atoms with van der Waals surface area (Å²) in [5, 5.41) is 19.0. The molecule has 0 saturated carbocycles. The van der Waals surface area contributed by atoms with E-state index in [4.69, 9.17) is 4.74 Å². The van der Waals surface area contributed by atoms with E-state index in [0.29, 0.717) is 23.2 Å². The number of fused-ring (bicyclic) bond motifs is 1. The van der Waals surface area contributed by atoms with Crippen LogP contribution in [0.5, 0.6) is 5.75 Å². The van der Waals surface area contributed by atoms with Gasteiger partial charge in [-0.15, -0.1) is 22.6 Å². The summed E-state index contributed by atoms with van der Waals surface area (Å²) >= 11 is 0. The molecule has 1 fully saturated rings. The van der Waals surface area contributed by atoms with Gasteiger partial charge in [-0.3, -0.25) is 4.79 Å². The summed E-state index contributed by atoms with van der Waals surface area (Å²) in [6.07, 6.45) is 1.69. The molecule has 4 rings (SSSR count). The summed E-state index contributed by atoms with van der Waals surface area (Å²) in [5.74, 6) is 1.33. The van der Waals surface area contributed by atoms with Crippen molar-refractivity contribution < 1.29 is 9.53 Å². The van der Waals surface area contributed by atoms with Crippen LogP contribution in [0.4, 0.5) is 11.6 Å². The molecular formula is C19H24ClN7O2. The Labute approximate surface area is 174 Å². The van der Waals surface area contributed by atoms with Crippen LogP contribution < -0.4 is 20.3 Å². The van der Waals surface area contributed by atoms with Crippen LogP contribution in [0, 0.1) is 6.92 Å².